The first-order valence-corrected chi connectivity index (χ1v) is 20.1. The fourth-order valence-corrected chi connectivity index (χ4v) is 7.47. The molecule has 0 saturated carbocycles. The first-order chi connectivity index (χ1) is 24.0. The van der Waals surface area contributed by atoms with Crippen LogP contribution in [-0.4, -0.2) is 106 Å². The smallest absolute Gasteiger partial charge is 0.397 e. The van der Waals surface area contributed by atoms with Crippen molar-refractivity contribution in [1.29, 1.82) is 0 Å². The summed E-state index contributed by atoms with van der Waals surface area (Å²) < 4.78 is 147. The van der Waals surface area contributed by atoms with E-state index in [0.717, 1.165) is 17.0 Å². The number of phenols is 1. The molecule has 0 aliphatic heterocycles. The minimum atomic E-state index is -5.13. The maximum atomic E-state index is 14.5. The summed E-state index contributed by atoms with van der Waals surface area (Å²) >= 11 is 0. The van der Waals surface area contributed by atoms with E-state index in [2.05, 4.69) is 34.7 Å². The van der Waals surface area contributed by atoms with Crippen molar-refractivity contribution in [3.05, 3.63) is 48.0 Å². The molecule has 0 spiro atoms. The maximum Gasteiger partial charge on any atom is 0.397 e. The number of anilines is 3. The largest absolute Gasteiger partial charge is 0.505 e. The van der Waals surface area contributed by atoms with Crippen LogP contribution in [-0.2, 0) is 44.7 Å². The molecule has 1 heterocycles. The zero-order chi connectivity index (χ0) is 38.8. The second kappa shape index (κ2) is 15.1. The van der Waals surface area contributed by atoms with Crippen LogP contribution in [0.3, 0.4) is 0 Å². The summed E-state index contributed by atoms with van der Waals surface area (Å²) in [6, 6.07) is 6.96. The van der Waals surface area contributed by atoms with Crippen LogP contribution in [0, 0.1) is 13.0 Å². The molecule has 4 rings (SSSR count). The molecule has 0 radical (unpaired) electrons. The third-order valence-corrected chi connectivity index (χ3v) is 10.8. The van der Waals surface area contributed by atoms with E-state index in [-0.39, 0.29) is 40.0 Å². The molecule has 52 heavy (non-hydrogen) atoms. The normalized spacial score (nSPS) is 12.8. The topological polar surface area (TPSA) is 315 Å². The summed E-state index contributed by atoms with van der Waals surface area (Å²) in [5.41, 5.74) is -0.902. The number of phenolic OH excluding ortho intramolecular Hbond substituents is 1. The first-order valence-electron chi connectivity index (χ1n) is 14.0. The van der Waals surface area contributed by atoms with Gasteiger partial charge in [0.05, 0.1) is 30.9 Å². The van der Waals surface area contributed by atoms with Crippen LogP contribution < -0.4 is 15.0 Å². The van der Waals surface area contributed by atoms with E-state index in [4.69, 9.17) is 9.29 Å². The number of aromatic nitrogens is 3. The van der Waals surface area contributed by atoms with Crippen molar-refractivity contribution in [1.82, 2.24) is 15.0 Å². The van der Waals surface area contributed by atoms with E-state index >= 15 is 0 Å². The van der Waals surface area contributed by atoms with Gasteiger partial charge in [0.25, 0.3) is 20.2 Å². The Balaban J connectivity index is 1.68. The van der Waals surface area contributed by atoms with E-state index in [1.807, 2.05) is 0 Å². The van der Waals surface area contributed by atoms with Gasteiger partial charge >= 0.3 is 16.5 Å². The van der Waals surface area contributed by atoms with Crippen LogP contribution in [0.5, 0.6) is 11.5 Å². The summed E-state index contributed by atoms with van der Waals surface area (Å²) in [6.45, 7) is 0.174. The fraction of sp³-hybridized carbons (Fsp3) is 0.269. The number of rotatable bonds is 15. The highest BCUT2D eigenvalue weighted by Crippen LogP contribution is 2.43. The number of benzene rings is 3. The van der Waals surface area contributed by atoms with Crippen molar-refractivity contribution in [2.45, 2.75) is 16.7 Å². The van der Waals surface area contributed by atoms with Gasteiger partial charge in [-0.05, 0) is 42.8 Å². The first kappa shape index (κ1) is 40.1. The molecule has 4 aromatic rings. The molecule has 1 aromatic heterocycles. The van der Waals surface area contributed by atoms with Gasteiger partial charge in [-0.2, -0.15) is 44.6 Å². The molecule has 0 bridgehead atoms. The second-order valence-electron chi connectivity index (χ2n) is 10.6. The van der Waals surface area contributed by atoms with E-state index in [1.165, 1.54) is 45.3 Å². The third-order valence-electron chi connectivity index (χ3n) is 6.92. The van der Waals surface area contributed by atoms with Gasteiger partial charge in [-0.25, -0.2) is 12.6 Å². The number of azo groups is 1. The SMILES string of the molecule is COc1ccc(N=Nc2c(C)cc3c(S(=O)(=O)O)c(Nc4nc(F)nc(N(C)CCS(=O)(=O)CCOS(=O)(=O)O)n4)ccc3c2O)c(S(=O)(=O)O)c1. The molecule has 282 valence electrons. The molecule has 5 N–H and O–H groups in total. The molecule has 0 aliphatic rings. The van der Waals surface area contributed by atoms with E-state index in [9.17, 15) is 52.3 Å². The number of nitrogens with one attached hydrogen (secondary N) is 1. The Labute approximate surface area is 295 Å². The summed E-state index contributed by atoms with van der Waals surface area (Å²) in [5.74, 6) is -2.98. The van der Waals surface area contributed by atoms with Crippen molar-refractivity contribution in [2.24, 2.45) is 10.2 Å². The maximum absolute atomic E-state index is 14.5. The van der Waals surface area contributed by atoms with Crippen LogP contribution in [0.4, 0.5) is 33.3 Å². The standard InChI is InChI=1S/C26H28FN7O14S4/c1-14-12-17-16(22(35)21(14)33-32-18-6-4-15(47-3)13-20(18)50(38,39)40)5-7-19(23(17)51(41,42)43)28-25-29-24(27)30-26(31-25)34(2)8-10-49(36,37)11-9-48-52(44,45)46/h4-7,12-13,35H,8-11H2,1-3H3,(H,38,39,40)(H,41,42,43)(H,44,45,46)(H,28,29,30,31). The van der Waals surface area contributed by atoms with E-state index in [0.29, 0.717) is 0 Å². The van der Waals surface area contributed by atoms with Crippen molar-refractivity contribution in [3.8, 4) is 11.5 Å². The van der Waals surface area contributed by atoms with Crippen molar-refractivity contribution < 1.29 is 65.7 Å². The van der Waals surface area contributed by atoms with Gasteiger partial charge in [0.15, 0.2) is 15.6 Å². The zero-order valence-corrected chi connectivity index (χ0v) is 30.1. The van der Waals surface area contributed by atoms with Gasteiger partial charge in [-0.3, -0.25) is 13.7 Å². The summed E-state index contributed by atoms with van der Waals surface area (Å²) in [7, 11) is -16.2. The third kappa shape index (κ3) is 10.00. The van der Waals surface area contributed by atoms with Gasteiger partial charge in [-0.15, -0.1) is 10.2 Å². The van der Waals surface area contributed by atoms with E-state index in [1.54, 1.807) is 0 Å². The van der Waals surface area contributed by atoms with Gasteiger partial charge in [0.1, 0.15) is 26.9 Å². The Kier molecular flexibility index (Phi) is 11.6. The predicted molar refractivity (Wildman–Crippen MR) is 180 cm³/mol. The van der Waals surface area contributed by atoms with Gasteiger partial charge in [0, 0.05) is 30.4 Å². The quantitative estimate of drug-likeness (QED) is 0.0850. The van der Waals surface area contributed by atoms with Crippen molar-refractivity contribution in [2.75, 3.05) is 49.0 Å². The minimum Gasteiger partial charge on any atom is -0.505 e. The second-order valence-corrected chi connectivity index (χ2v) is 16.7. The number of aryl methyl sites for hydroxylation is 1. The Morgan fingerprint density at radius 1 is 0.885 bits per heavy atom. The monoisotopic (exact) mass is 809 g/mol. The molecular formula is C26H28FN7O14S4. The molecule has 21 nitrogen and oxygen atoms in total. The highest BCUT2D eigenvalue weighted by Gasteiger charge is 2.25. The minimum absolute atomic E-state index is 0.0762. The number of hydrogen-bond donors (Lipinski definition) is 5. The Morgan fingerprint density at radius 3 is 2.19 bits per heavy atom. The predicted octanol–water partition coefficient (Wildman–Crippen LogP) is 2.51. The Hall–Kier alpha value is -4.70. The van der Waals surface area contributed by atoms with Crippen LogP contribution >= 0.6 is 0 Å². The molecular weight excluding hydrogens is 782 g/mol. The van der Waals surface area contributed by atoms with Gasteiger partial charge in [-0.1, -0.05) is 0 Å². The Morgan fingerprint density at radius 2 is 1.58 bits per heavy atom. The summed E-state index contributed by atoms with van der Waals surface area (Å²) in [4.78, 5) is 10.5. The van der Waals surface area contributed by atoms with Crippen molar-refractivity contribution >= 4 is 80.2 Å². The lowest BCUT2D eigenvalue weighted by atomic mass is 10.0. The molecule has 3 aromatic carbocycles. The van der Waals surface area contributed by atoms with Gasteiger partial charge < -0.3 is 20.1 Å². The number of nitrogens with zero attached hydrogens (tertiary/aromatic N) is 6. The lowest BCUT2D eigenvalue weighted by Crippen LogP contribution is -2.29. The lowest BCUT2D eigenvalue weighted by Gasteiger charge is -2.18. The number of fused-ring (bicyclic) bond motifs is 1. The molecule has 0 amide bonds. The van der Waals surface area contributed by atoms with Crippen LogP contribution in [0.1, 0.15) is 5.56 Å². The number of methoxy groups -OCH3 is 1. The molecule has 0 fully saturated rings. The molecule has 0 unspecified atom stereocenters. The number of sulfone groups is 1. The molecule has 26 heteroatoms. The number of aromatic hydroxyl groups is 1. The van der Waals surface area contributed by atoms with Crippen LogP contribution in [0.25, 0.3) is 10.8 Å². The van der Waals surface area contributed by atoms with Crippen molar-refractivity contribution in [3.63, 3.8) is 0 Å². The zero-order valence-electron chi connectivity index (χ0n) is 26.9. The summed E-state index contributed by atoms with van der Waals surface area (Å²) in [6.07, 6.45) is -1.38. The fourth-order valence-electron chi connectivity index (χ4n) is 4.50. The number of halogens is 1. The average Bonchev–Trinajstić information content (AvgIpc) is 3.01. The molecule has 0 aliphatic carbocycles. The number of hydrogen-bond acceptors (Lipinski definition) is 18. The average molecular weight is 810 g/mol. The highest BCUT2D eigenvalue weighted by atomic mass is 32.3. The van der Waals surface area contributed by atoms with Crippen LogP contribution in [0.15, 0.2) is 56.4 Å². The molecule has 0 saturated heterocycles. The highest BCUT2D eigenvalue weighted by molar-refractivity contribution is 7.91. The van der Waals surface area contributed by atoms with Crippen LogP contribution in [0.2, 0.25) is 0 Å². The lowest BCUT2D eigenvalue weighted by molar-refractivity contribution is 0.284. The Bertz CT molecular complexity index is 2520. The van der Waals surface area contributed by atoms with Gasteiger partial charge in [0.2, 0.25) is 11.9 Å². The number of ether oxygens (including phenoxy) is 1. The molecule has 0 atom stereocenters. The summed E-state index contributed by atoms with van der Waals surface area (Å²) in [5, 5.41) is 20.8. The van der Waals surface area contributed by atoms with E-state index < -0.39 is 97.8 Å².